The quantitative estimate of drug-likeness (QED) is 0.573. The third-order valence-electron chi connectivity index (χ3n) is 5.58. The topological polar surface area (TPSA) is 86.3 Å². The van der Waals surface area contributed by atoms with Crippen molar-refractivity contribution in [2.75, 3.05) is 44.7 Å². The molecule has 4 rings (SSSR count). The minimum atomic E-state index is -0.367. The zero-order chi connectivity index (χ0) is 21.1. The molecule has 1 saturated heterocycles. The monoisotopic (exact) mass is 412 g/mol. The number of hydrogen-bond acceptors (Lipinski definition) is 6. The maximum atomic E-state index is 13.1. The molecule has 1 aromatic carbocycles. The van der Waals surface area contributed by atoms with E-state index < -0.39 is 0 Å². The molecule has 0 bridgehead atoms. The zero-order valence-electron chi connectivity index (χ0n) is 17.5. The molecule has 1 aliphatic heterocycles. The van der Waals surface area contributed by atoms with Gasteiger partial charge < -0.3 is 14.6 Å². The Balaban J connectivity index is 1.55. The van der Waals surface area contributed by atoms with E-state index in [4.69, 9.17) is 4.74 Å². The van der Waals surface area contributed by atoms with Crippen LogP contribution < -0.4 is 16.6 Å². The molecule has 9 nitrogen and oxygen atoms in total. The summed E-state index contributed by atoms with van der Waals surface area (Å²) in [5.74, 6) is 0.594. The lowest BCUT2D eigenvalue weighted by Gasteiger charge is -2.26. The van der Waals surface area contributed by atoms with Crippen LogP contribution in [0.5, 0.6) is 0 Å². The number of fused-ring (bicyclic) bond motifs is 1. The van der Waals surface area contributed by atoms with Crippen molar-refractivity contribution in [2.24, 2.45) is 14.1 Å². The van der Waals surface area contributed by atoms with E-state index in [0.29, 0.717) is 17.1 Å². The van der Waals surface area contributed by atoms with Crippen molar-refractivity contribution in [1.29, 1.82) is 0 Å². The summed E-state index contributed by atoms with van der Waals surface area (Å²) in [6, 6.07) is 9.51. The molecule has 1 fully saturated rings. The molecule has 3 heterocycles. The van der Waals surface area contributed by atoms with E-state index in [9.17, 15) is 9.59 Å². The number of ether oxygens (including phenoxy) is 1. The maximum Gasteiger partial charge on any atom is 0.332 e. The SMILES string of the molecule is Cn1c(NCCCN2CCOCC2)nc2c1c(=O)n(Cc1ccccc1)c(=O)n2C. The van der Waals surface area contributed by atoms with Gasteiger partial charge in [-0.1, -0.05) is 30.3 Å². The third kappa shape index (κ3) is 4.03. The first kappa shape index (κ1) is 20.4. The average molecular weight is 412 g/mol. The number of nitrogens with one attached hydrogen (secondary N) is 1. The number of imidazole rings is 1. The fourth-order valence-electron chi connectivity index (χ4n) is 3.83. The molecule has 0 radical (unpaired) electrons. The Kier molecular flexibility index (Phi) is 6.01. The second-order valence-electron chi connectivity index (χ2n) is 7.62. The molecule has 2 aromatic heterocycles. The molecule has 1 aliphatic rings. The summed E-state index contributed by atoms with van der Waals surface area (Å²) < 4.78 is 9.83. The Morgan fingerprint density at radius 3 is 2.53 bits per heavy atom. The molecular formula is C21H28N6O3. The van der Waals surface area contributed by atoms with Crippen LogP contribution in [0.1, 0.15) is 12.0 Å². The van der Waals surface area contributed by atoms with Crippen LogP contribution >= 0.6 is 0 Å². The second kappa shape index (κ2) is 8.85. The van der Waals surface area contributed by atoms with Gasteiger partial charge >= 0.3 is 5.69 Å². The lowest BCUT2D eigenvalue weighted by molar-refractivity contribution is 0.0378. The van der Waals surface area contributed by atoms with Crippen LogP contribution in [-0.2, 0) is 25.4 Å². The number of hydrogen-bond donors (Lipinski definition) is 1. The van der Waals surface area contributed by atoms with Gasteiger partial charge in [-0.15, -0.1) is 0 Å². The maximum absolute atomic E-state index is 13.1. The lowest BCUT2D eigenvalue weighted by Crippen LogP contribution is -2.39. The highest BCUT2D eigenvalue weighted by molar-refractivity contribution is 5.74. The van der Waals surface area contributed by atoms with Crippen molar-refractivity contribution in [3.05, 3.63) is 56.7 Å². The summed E-state index contributed by atoms with van der Waals surface area (Å²) in [4.78, 5) is 32.8. The number of aromatic nitrogens is 4. The molecule has 160 valence electrons. The first-order valence-corrected chi connectivity index (χ1v) is 10.3. The molecule has 0 saturated carbocycles. The number of anilines is 1. The van der Waals surface area contributed by atoms with E-state index in [2.05, 4.69) is 15.2 Å². The Labute approximate surface area is 174 Å². The summed E-state index contributed by atoms with van der Waals surface area (Å²) in [5.41, 5.74) is 1.03. The predicted molar refractivity (Wildman–Crippen MR) is 116 cm³/mol. The van der Waals surface area contributed by atoms with Crippen molar-refractivity contribution in [3.8, 4) is 0 Å². The van der Waals surface area contributed by atoms with Gasteiger partial charge in [-0.05, 0) is 18.5 Å². The van der Waals surface area contributed by atoms with Gasteiger partial charge in [0.15, 0.2) is 11.2 Å². The number of rotatable bonds is 7. The first-order valence-electron chi connectivity index (χ1n) is 10.3. The Bertz CT molecular complexity index is 1130. The van der Waals surface area contributed by atoms with E-state index in [-0.39, 0.29) is 17.8 Å². The summed E-state index contributed by atoms with van der Waals surface area (Å²) >= 11 is 0. The van der Waals surface area contributed by atoms with E-state index >= 15 is 0 Å². The summed E-state index contributed by atoms with van der Waals surface area (Å²) in [6.45, 7) is 5.48. The smallest absolute Gasteiger partial charge is 0.332 e. The molecule has 0 atom stereocenters. The highest BCUT2D eigenvalue weighted by Crippen LogP contribution is 2.13. The zero-order valence-corrected chi connectivity index (χ0v) is 17.5. The molecule has 0 unspecified atom stereocenters. The molecule has 0 spiro atoms. The second-order valence-corrected chi connectivity index (χ2v) is 7.62. The average Bonchev–Trinajstić information content (AvgIpc) is 3.11. The van der Waals surface area contributed by atoms with Crippen LogP contribution in [-0.4, -0.2) is 63.0 Å². The van der Waals surface area contributed by atoms with E-state index in [0.717, 1.165) is 51.4 Å². The Hall–Kier alpha value is -2.91. The fraction of sp³-hybridized carbons (Fsp3) is 0.476. The van der Waals surface area contributed by atoms with Crippen molar-refractivity contribution in [3.63, 3.8) is 0 Å². The molecule has 3 aromatic rings. The predicted octanol–water partition coefficient (Wildman–Crippen LogP) is 0.616. The standard InChI is InChI=1S/C21H28N6O3/c1-24-17-18(23-20(24)22-9-6-10-26-11-13-30-14-12-26)25(2)21(29)27(19(17)28)15-16-7-4-3-5-8-16/h3-5,7-8H,6,9-15H2,1-2H3,(H,22,23). The molecule has 1 N–H and O–H groups in total. The number of morpholine rings is 1. The van der Waals surface area contributed by atoms with Crippen molar-refractivity contribution < 1.29 is 4.74 Å². The Morgan fingerprint density at radius 1 is 1.07 bits per heavy atom. The fourth-order valence-corrected chi connectivity index (χ4v) is 3.83. The third-order valence-corrected chi connectivity index (χ3v) is 5.58. The minimum absolute atomic E-state index is 0.232. The van der Waals surface area contributed by atoms with Gasteiger partial charge in [-0.25, -0.2) is 4.79 Å². The number of benzene rings is 1. The Morgan fingerprint density at radius 2 is 1.80 bits per heavy atom. The van der Waals surface area contributed by atoms with Gasteiger partial charge in [-0.3, -0.25) is 18.8 Å². The molecule has 0 amide bonds. The van der Waals surface area contributed by atoms with Gasteiger partial charge in [0.25, 0.3) is 5.56 Å². The normalized spacial score (nSPS) is 15.0. The van der Waals surface area contributed by atoms with E-state index in [1.165, 1.54) is 9.13 Å². The molecule has 9 heteroatoms. The lowest BCUT2D eigenvalue weighted by atomic mass is 10.2. The largest absolute Gasteiger partial charge is 0.379 e. The number of aryl methyl sites for hydroxylation is 2. The van der Waals surface area contributed by atoms with Crippen LogP contribution in [0.15, 0.2) is 39.9 Å². The van der Waals surface area contributed by atoms with E-state index in [1.54, 1.807) is 18.7 Å². The summed E-state index contributed by atoms with van der Waals surface area (Å²) in [7, 11) is 3.46. The molecular weight excluding hydrogens is 384 g/mol. The van der Waals surface area contributed by atoms with Crippen molar-refractivity contribution in [2.45, 2.75) is 13.0 Å². The summed E-state index contributed by atoms with van der Waals surface area (Å²) in [6.07, 6.45) is 0.959. The van der Waals surface area contributed by atoms with Gasteiger partial charge in [0.2, 0.25) is 5.95 Å². The van der Waals surface area contributed by atoms with Crippen LogP contribution in [0, 0.1) is 0 Å². The van der Waals surface area contributed by atoms with Crippen LogP contribution in [0.25, 0.3) is 11.2 Å². The summed E-state index contributed by atoms with van der Waals surface area (Å²) in [5, 5.41) is 3.32. The van der Waals surface area contributed by atoms with Gasteiger partial charge in [-0.2, -0.15) is 4.98 Å². The molecule has 30 heavy (non-hydrogen) atoms. The highest BCUT2D eigenvalue weighted by Gasteiger charge is 2.18. The van der Waals surface area contributed by atoms with Crippen LogP contribution in [0.2, 0.25) is 0 Å². The van der Waals surface area contributed by atoms with Crippen molar-refractivity contribution in [1.82, 2.24) is 23.6 Å². The van der Waals surface area contributed by atoms with E-state index in [1.807, 2.05) is 30.3 Å². The first-order chi connectivity index (χ1) is 14.6. The van der Waals surface area contributed by atoms with Gasteiger partial charge in [0.05, 0.1) is 19.8 Å². The molecule has 0 aliphatic carbocycles. The van der Waals surface area contributed by atoms with Crippen LogP contribution in [0.4, 0.5) is 5.95 Å². The van der Waals surface area contributed by atoms with Gasteiger partial charge in [0.1, 0.15) is 0 Å². The van der Waals surface area contributed by atoms with Gasteiger partial charge in [0, 0.05) is 33.7 Å². The minimum Gasteiger partial charge on any atom is -0.379 e. The number of nitrogens with zero attached hydrogens (tertiary/aromatic N) is 5. The highest BCUT2D eigenvalue weighted by atomic mass is 16.5. The van der Waals surface area contributed by atoms with Crippen molar-refractivity contribution >= 4 is 17.1 Å². The van der Waals surface area contributed by atoms with Crippen LogP contribution in [0.3, 0.4) is 0 Å².